The van der Waals surface area contributed by atoms with Crippen molar-refractivity contribution in [3.63, 3.8) is 0 Å². The SMILES string of the molecule is CCCCCCCNC(=O)C(c1ccc(Nc2nc(-c3cccc(NC(=O)c4cc5c(s4)CCCCC5)c3C)cn(C)c2=O)cc1)N1CCN(CC)CC1. The van der Waals surface area contributed by atoms with E-state index in [1.54, 1.807) is 24.6 Å². The van der Waals surface area contributed by atoms with E-state index in [4.69, 9.17) is 4.98 Å². The number of unbranched alkanes of at least 4 members (excludes halogenated alkanes) is 4. The molecule has 0 radical (unpaired) electrons. The smallest absolute Gasteiger partial charge is 0.293 e. The Morgan fingerprint density at radius 2 is 1.69 bits per heavy atom. The quantitative estimate of drug-likeness (QED) is 0.0839. The van der Waals surface area contributed by atoms with E-state index in [2.05, 4.69) is 45.7 Å². The molecule has 1 atom stereocenters. The fourth-order valence-electron chi connectivity index (χ4n) is 7.62. The zero-order chi connectivity index (χ0) is 38.0. The van der Waals surface area contributed by atoms with Crippen molar-refractivity contribution in [3.05, 3.63) is 91.5 Å². The minimum absolute atomic E-state index is 0.0399. The number of piperazine rings is 1. The summed E-state index contributed by atoms with van der Waals surface area (Å²) in [6.07, 6.45) is 13.2. The van der Waals surface area contributed by atoms with Crippen LogP contribution in [0.2, 0.25) is 0 Å². The normalized spacial score (nSPS) is 15.6. The Kier molecular flexibility index (Phi) is 13.7. The number of hydrogen-bond acceptors (Lipinski definition) is 8. The summed E-state index contributed by atoms with van der Waals surface area (Å²) in [5, 5.41) is 9.62. The van der Waals surface area contributed by atoms with Crippen LogP contribution in [0.15, 0.2) is 59.5 Å². The number of carbonyl (C=O) groups is 2. The zero-order valence-electron chi connectivity index (χ0n) is 32.5. The second-order valence-electron chi connectivity index (χ2n) is 14.8. The van der Waals surface area contributed by atoms with Crippen molar-refractivity contribution >= 4 is 40.3 Å². The van der Waals surface area contributed by atoms with E-state index in [1.165, 1.54) is 53.5 Å². The van der Waals surface area contributed by atoms with Crippen LogP contribution < -0.4 is 21.5 Å². The largest absolute Gasteiger partial charge is 0.354 e. The van der Waals surface area contributed by atoms with Crippen LogP contribution in [0, 0.1) is 6.92 Å². The number of fused-ring (bicyclic) bond motifs is 1. The molecule has 2 aromatic heterocycles. The van der Waals surface area contributed by atoms with Gasteiger partial charge in [-0.1, -0.05) is 70.2 Å². The highest BCUT2D eigenvalue weighted by Gasteiger charge is 2.30. The number of benzene rings is 2. The van der Waals surface area contributed by atoms with E-state index in [0.29, 0.717) is 23.6 Å². The first-order valence-corrected chi connectivity index (χ1v) is 20.8. The summed E-state index contributed by atoms with van der Waals surface area (Å²) >= 11 is 1.61. The van der Waals surface area contributed by atoms with Crippen molar-refractivity contribution in [3.8, 4) is 11.3 Å². The van der Waals surface area contributed by atoms with Gasteiger partial charge in [0.25, 0.3) is 11.5 Å². The molecule has 10 nitrogen and oxygen atoms in total. The van der Waals surface area contributed by atoms with Gasteiger partial charge in [-0.15, -0.1) is 11.3 Å². The Morgan fingerprint density at radius 3 is 2.44 bits per heavy atom. The molecular formula is C43H57N7O3S. The first-order chi connectivity index (χ1) is 26.2. The fraction of sp³-hybridized carbons (Fsp3) is 0.488. The van der Waals surface area contributed by atoms with Crippen molar-refractivity contribution in [2.45, 2.75) is 91.0 Å². The van der Waals surface area contributed by atoms with Crippen molar-refractivity contribution in [2.24, 2.45) is 7.05 Å². The van der Waals surface area contributed by atoms with Crippen LogP contribution in [0.1, 0.15) is 102 Å². The Labute approximate surface area is 324 Å². The van der Waals surface area contributed by atoms with Gasteiger partial charge in [-0.2, -0.15) is 0 Å². The van der Waals surface area contributed by atoms with Gasteiger partial charge in [0.05, 0.1) is 10.6 Å². The third kappa shape index (κ3) is 9.67. The van der Waals surface area contributed by atoms with E-state index in [0.717, 1.165) is 80.0 Å². The Bertz CT molecular complexity index is 1920. The lowest BCUT2D eigenvalue weighted by atomic mass is 10.0. The van der Waals surface area contributed by atoms with Crippen LogP contribution in [0.25, 0.3) is 11.3 Å². The molecule has 1 aliphatic heterocycles. The number of anilines is 3. The van der Waals surface area contributed by atoms with Gasteiger partial charge in [0, 0.05) is 67.8 Å². The number of hydrogen-bond donors (Lipinski definition) is 3. The van der Waals surface area contributed by atoms with Gasteiger partial charge in [0.2, 0.25) is 5.91 Å². The number of aryl methyl sites for hydroxylation is 3. The molecule has 4 aromatic rings. The van der Waals surface area contributed by atoms with E-state index in [9.17, 15) is 14.4 Å². The van der Waals surface area contributed by atoms with Crippen molar-refractivity contribution in [1.82, 2.24) is 24.7 Å². The summed E-state index contributed by atoms with van der Waals surface area (Å²) in [7, 11) is 1.72. The molecule has 3 N–H and O–H groups in total. The molecule has 1 aliphatic carbocycles. The monoisotopic (exact) mass is 751 g/mol. The van der Waals surface area contributed by atoms with E-state index < -0.39 is 0 Å². The number of nitrogens with one attached hydrogen (secondary N) is 3. The van der Waals surface area contributed by atoms with E-state index >= 15 is 0 Å². The molecule has 0 bridgehead atoms. The molecule has 2 aromatic carbocycles. The van der Waals surface area contributed by atoms with Gasteiger partial charge in [-0.25, -0.2) is 4.98 Å². The van der Waals surface area contributed by atoms with E-state index in [-0.39, 0.29) is 29.2 Å². The van der Waals surface area contributed by atoms with Crippen LogP contribution in [-0.4, -0.2) is 70.4 Å². The average Bonchev–Trinajstić information content (AvgIpc) is 3.46. The molecule has 3 heterocycles. The molecule has 6 rings (SSSR count). The zero-order valence-corrected chi connectivity index (χ0v) is 33.3. The minimum atomic E-state index is -0.381. The van der Waals surface area contributed by atoms with Gasteiger partial charge < -0.3 is 25.4 Å². The van der Waals surface area contributed by atoms with Gasteiger partial charge >= 0.3 is 0 Å². The summed E-state index contributed by atoms with van der Waals surface area (Å²) in [6.45, 7) is 11.6. The average molecular weight is 752 g/mol. The summed E-state index contributed by atoms with van der Waals surface area (Å²) < 4.78 is 1.53. The maximum atomic E-state index is 13.7. The van der Waals surface area contributed by atoms with E-state index in [1.807, 2.05) is 49.4 Å². The van der Waals surface area contributed by atoms with Gasteiger partial charge in [0.15, 0.2) is 5.82 Å². The first kappa shape index (κ1) is 39.4. The molecule has 1 saturated heterocycles. The lowest BCUT2D eigenvalue weighted by molar-refractivity contribution is -0.127. The third-order valence-electron chi connectivity index (χ3n) is 10.9. The minimum Gasteiger partial charge on any atom is -0.354 e. The summed E-state index contributed by atoms with van der Waals surface area (Å²) in [5.41, 5.74) is 5.72. The number of carbonyl (C=O) groups excluding carboxylic acids is 2. The number of thiophene rings is 1. The highest BCUT2D eigenvalue weighted by molar-refractivity contribution is 7.14. The highest BCUT2D eigenvalue weighted by atomic mass is 32.1. The summed E-state index contributed by atoms with van der Waals surface area (Å²) in [6, 6.07) is 15.3. The van der Waals surface area contributed by atoms with Crippen LogP contribution in [0.3, 0.4) is 0 Å². The van der Waals surface area contributed by atoms with Crippen LogP contribution >= 0.6 is 11.3 Å². The molecule has 1 unspecified atom stereocenters. The first-order valence-electron chi connectivity index (χ1n) is 20.0. The van der Waals surface area contributed by atoms with Crippen molar-refractivity contribution in [1.29, 1.82) is 0 Å². The molecule has 2 amide bonds. The van der Waals surface area contributed by atoms with Gasteiger partial charge in [0.1, 0.15) is 6.04 Å². The maximum absolute atomic E-state index is 13.7. The summed E-state index contributed by atoms with van der Waals surface area (Å²) in [4.78, 5) is 52.0. The van der Waals surface area contributed by atoms with Crippen LogP contribution in [-0.2, 0) is 24.7 Å². The van der Waals surface area contributed by atoms with Crippen LogP contribution in [0.4, 0.5) is 17.2 Å². The molecule has 288 valence electrons. The maximum Gasteiger partial charge on any atom is 0.293 e. The third-order valence-corrected chi connectivity index (χ3v) is 12.2. The number of nitrogens with zero attached hydrogens (tertiary/aromatic N) is 4. The Morgan fingerprint density at radius 1 is 0.926 bits per heavy atom. The molecule has 2 aliphatic rings. The summed E-state index contributed by atoms with van der Waals surface area (Å²) in [5.74, 6) is 0.140. The molecular weight excluding hydrogens is 695 g/mol. The molecule has 0 saturated carbocycles. The second-order valence-corrected chi connectivity index (χ2v) is 15.9. The molecule has 11 heteroatoms. The number of amides is 2. The molecule has 0 spiro atoms. The Hall–Kier alpha value is -4.32. The lowest BCUT2D eigenvalue weighted by Gasteiger charge is -2.38. The highest BCUT2D eigenvalue weighted by Crippen LogP contribution is 2.32. The topological polar surface area (TPSA) is 112 Å². The molecule has 1 fully saturated rings. The Balaban J connectivity index is 1.17. The van der Waals surface area contributed by atoms with Crippen molar-refractivity contribution < 1.29 is 9.59 Å². The number of likely N-dealkylation sites (N-methyl/N-ethyl adjacent to an activating group) is 1. The van der Waals surface area contributed by atoms with Crippen molar-refractivity contribution in [2.75, 3.05) is 49.9 Å². The van der Waals surface area contributed by atoms with Gasteiger partial charge in [-0.05, 0) is 86.5 Å². The number of aromatic nitrogens is 2. The van der Waals surface area contributed by atoms with Gasteiger partial charge in [-0.3, -0.25) is 19.3 Å². The predicted molar refractivity (Wildman–Crippen MR) is 221 cm³/mol. The molecule has 54 heavy (non-hydrogen) atoms. The van der Waals surface area contributed by atoms with Crippen LogP contribution in [0.5, 0.6) is 0 Å². The lowest BCUT2D eigenvalue weighted by Crippen LogP contribution is -2.50. The fourth-order valence-corrected chi connectivity index (χ4v) is 8.77. The second kappa shape index (κ2) is 18.8. The standard InChI is InChI=1S/C43H57N7O3S/c1-5-7-8-9-13-23-44-42(52)39(50-26-24-49(6-2)25-27-50)31-19-21-33(22-20-31)45-40-43(53)48(4)29-36(46-40)34-16-14-17-35(30(34)3)47-41(51)38-28-32-15-11-10-12-18-37(32)54-38/h14,16-17,19-22,28-29,39H,5-13,15,18,23-27H2,1-4H3,(H,44,52)(H,45,46)(H,47,51). The number of rotatable bonds is 15. The predicted octanol–water partition coefficient (Wildman–Crippen LogP) is 7.85.